The van der Waals surface area contributed by atoms with Crippen molar-refractivity contribution in [1.29, 1.82) is 5.26 Å². The molecule has 0 aromatic carbocycles. The largest absolute Gasteiger partial charge is 0.300 e. The maximum absolute atomic E-state index is 10.2. The van der Waals surface area contributed by atoms with Gasteiger partial charge in [0, 0.05) is 12.8 Å². The molecule has 2 aliphatic carbocycles. The lowest BCUT2D eigenvalue weighted by atomic mass is 10.0. The minimum Gasteiger partial charge on any atom is -0.300 e. The van der Waals surface area contributed by atoms with E-state index in [1.54, 1.807) is 0 Å². The molecule has 0 amide bonds. The average molecular weight is 263 g/mol. The van der Waals surface area contributed by atoms with Crippen molar-refractivity contribution in [2.75, 3.05) is 0 Å². The summed E-state index contributed by atoms with van der Waals surface area (Å²) in [5, 5.41) is 17.4. The minimum absolute atomic E-state index is 0.160. The second-order valence-corrected chi connectivity index (χ2v) is 6.47. The van der Waals surface area contributed by atoms with Gasteiger partial charge in [-0.3, -0.25) is 4.79 Å². The summed E-state index contributed by atoms with van der Waals surface area (Å²) in [6.45, 7) is 5.99. The summed E-state index contributed by atoms with van der Waals surface area (Å²) in [4.78, 5) is 10.2. The van der Waals surface area contributed by atoms with E-state index in [1.807, 2.05) is 20.8 Å². The smallest absolute Gasteiger partial charge is 0.167 e. The standard InChI is InChI=1S/C10H17N3.C5H8O/c1-9(2,3)12-13-10(8-11)6-4-5-7-10;6-5-3-1-2-4-5/h4-7H2,1-3H3;1-4H2. The first kappa shape index (κ1) is 15.8. The van der Waals surface area contributed by atoms with E-state index >= 15 is 0 Å². The predicted octanol–water partition coefficient (Wildman–Crippen LogP) is 4.20. The lowest BCUT2D eigenvalue weighted by molar-refractivity contribution is -0.117. The molecular formula is C15H25N3O. The molecule has 0 radical (unpaired) electrons. The van der Waals surface area contributed by atoms with Crippen molar-refractivity contribution in [2.24, 2.45) is 10.2 Å². The SMILES string of the molecule is CC(C)(C)N=NC1(C#N)CCCC1.O=C1CCCC1. The van der Waals surface area contributed by atoms with Crippen LogP contribution in [-0.4, -0.2) is 16.9 Å². The first-order valence-corrected chi connectivity index (χ1v) is 7.24. The molecule has 2 rings (SSSR count). The van der Waals surface area contributed by atoms with Gasteiger partial charge < -0.3 is 0 Å². The van der Waals surface area contributed by atoms with Crippen LogP contribution in [0.3, 0.4) is 0 Å². The van der Waals surface area contributed by atoms with Crippen LogP contribution in [0.1, 0.15) is 72.1 Å². The molecule has 0 spiro atoms. The first-order chi connectivity index (χ1) is 8.87. The van der Waals surface area contributed by atoms with Crippen LogP contribution in [-0.2, 0) is 4.79 Å². The molecule has 4 nitrogen and oxygen atoms in total. The Morgan fingerprint density at radius 2 is 1.63 bits per heavy atom. The van der Waals surface area contributed by atoms with E-state index in [-0.39, 0.29) is 5.54 Å². The van der Waals surface area contributed by atoms with Crippen molar-refractivity contribution in [3.8, 4) is 6.07 Å². The van der Waals surface area contributed by atoms with Crippen LogP contribution in [0, 0.1) is 11.3 Å². The molecule has 2 fully saturated rings. The number of carbonyl (C=O) groups is 1. The van der Waals surface area contributed by atoms with Crippen LogP contribution in [0.5, 0.6) is 0 Å². The number of Topliss-reactive ketones (excluding diaryl/α,β-unsaturated/α-hetero) is 1. The molecular weight excluding hydrogens is 238 g/mol. The third-order valence-electron chi connectivity index (χ3n) is 3.34. The number of azo groups is 1. The Kier molecular flexibility index (Phi) is 5.65. The highest BCUT2D eigenvalue weighted by atomic mass is 16.1. The molecule has 4 heteroatoms. The second kappa shape index (κ2) is 6.79. The number of nitrogens with zero attached hydrogens (tertiary/aromatic N) is 3. The zero-order valence-corrected chi connectivity index (χ0v) is 12.4. The Labute approximate surface area is 116 Å². The Bertz CT molecular complexity index is 360. The lowest BCUT2D eigenvalue weighted by Crippen LogP contribution is -2.20. The van der Waals surface area contributed by atoms with Crippen molar-refractivity contribution in [3.05, 3.63) is 0 Å². The first-order valence-electron chi connectivity index (χ1n) is 7.24. The summed E-state index contributed by atoms with van der Waals surface area (Å²) in [6.07, 6.45) is 7.94. The van der Waals surface area contributed by atoms with Gasteiger partial charge in [-0.2, -0.15) is 15.5 Å². The number of rotatable bonds is 1. The highest BCUT2D eigenvalue weighted by Crippen LogP contribution is 2.33. The number of hydrogen-bond donors (Lipinski definition) is 0. The molecule has 0 saturated heterocycles. The van der Waals surface area contributed by atoms with Crippen LogP contribution in [0.2, 0.25) is 0 Å². The van der Waals surface area contributed by atoms with Crippen molar-refractivity contribution >= 4 is 5.78 Å². The fourth-order valence-corrected chi connectivity index (χ4v) is 2.21. The topological polar surface area (TPSA) is 65.6 Å². The normalized spacial score (nSPS) is 22.1. The maximum Gasteiger partial charge on any atom is 0.167 e. The molecule has 2 saturated carbocycles. The van der Waals surface area contributed by atoms with Crippen molar-refractivity contribution in [1.82, 2.24) is 0 Å². The molecule has 0 atom stereocenters. The molecule has 2 aliphatic rings. The number of hydrogen-bond acceptors (Lipinski definition) is 4. The fraction of sp³-hybridized carbons (Fsp3) is 0.867. The van der Waals surface area contributed by atoms with E-state index in [0.29, 0.717) is 5.78 Å². The van der Waals surface area contributed by atoms with E-state index in [0.717, 1.165) is 51.4 Å². The highest BCUT2D eigenvalue weighted by molar-refractivity contribution is 5.80. The van der Waals surface area contributed by atoms with Crippen LogP contribution in [0.15, 0.2) is 10.2 Å². The summed E-state index contributed by atoms with van der Waals surface area (Å²) in [5.74, 6) is 0.454. The maximum atomic E-state index is 10.2. The fourth-order valence-electron chi connectivity index (χ4n) is 2.21. The van der Waals surface area contributed by atoms with Crippen LogP contribution < -0.4 is 0 Å². The predicted molar refractivity (Wildman–Crippen MR) is 74.9 cm³/mol. The van der Waals surface area contributed by atoms with Gasteiger partial charge in [-0.25, -0.2) is 0 Å². The van der Waals surface area contributed by atoms with Crippen LogP contribution >= 0.6 is 0 Å². The van der Waals surface area contributed by atoms with Crippen molar-refractivity contribution < 1.29 is 4.79 Å². The zero-order valence-electron chi connectivity index (χ0n) is 12.4. The van der Waals surface area contributed by atoms with Gasteiger partial charge in [-0.15, -0.1) is 0 Å². The average Bonchev–Trinajstić information content (AvgIpc) is 2.98. The highest BCUT2D eigenvalue weighted by Gasteiger charge is 2.34. The van der Waals surface area contributed by atoms with Gasteiger partial charge in [0.05, 0.1) is 11.6 Å². The summed E-state index contributed by atoms with van der Waals surface area (Å²) in [5.41, 5.74) is -0.653. The Morgan fingerprint density at radius 1 is 1.11 bits per heavy atom. The van der Waals surface area contributed by atoms with Crippen LogP contribution in [0.25, 0.3) is 0 Å². The summed E-state index contributed by atoms with van der Waals surface area (Å²) >= 11 is 0. The van der Waals surface area contributed by atoms with Gasteiger partial charge in [-0.05, 0) is 59.3 Å². The van der Waals surface area contributed by atoms with Crippen molar-refractivity contribution in [2.45, 2.75) is 83.2 Å². The van der Waals surface area contributed by atoms with Crippen molar-refractivity contribution in [3.63, 3.8) is 0 Å². The van der Waals surface area contributed by atoms with Gasteiger partial charge in [0.2, 0.25) is 0 Å². The molecule has 0 N–H and O–H groups in total. The third kappa shape index (κ3) is 5.96. The summed E-state index contributed by atoms with van der Waals surface area (Å²) in [7, 11) is 0. The molecule has 0 aliphatic heterocycles. The number of carbonyl (C=O) groups excluding carboxylic acids is 1. The van der Waals surface area contributed by atoms with Gasteiger partial charge in [0.25, 0.3) is 0 Å². The molecule has 0 bridgehead atoms. The molecule has 106 valence electrons. The van der Waals surface area contributed by atoms with Gasteiger partial charge in [0.1, 0.15) is 5.78 Å². The Morgan fingerprint density at radius 3 is 1.95 bits per heavy atom. The van der Waals surface area contributed by atoms with E-state index in [4.69, 9.17) is 5.26 Å². The molecule has 0 aromatic rings. The lowest BCUT2D eigenvalue weighted by Gasteiger charge is -2.16. The minimum atomic E-state index is -0.493. The third-order valence-corrected chi connectivity index (χ3v) is 3.34. The Hall–Kier alpha value is -1.24. The number of nitriles is 1. The number of ketones is 1. The van der Waals surface area contributed by atoms with Crippen LogP contribution in [0.4, 0.5) is 0 Å². The summed E-state index contributed by atoms with van der Waals surface area (Å²) in [6, 6.07) is 2.29. The van der Waals surface area contributed by atoms with E-state index in [1.165, 1.54) is 0 Å². The molecule has 0 unspecified atom stereocenters. The molecule has 19 heavy (non-hydrogen) atoms. The van der Waals surface area contributed by atoms with E-state index in [2.05, 4.69) is 16.3 Å². The Balaban J connectivity index is 0.000000250. The van der Waals surface area contributed by atoms with Gasteiger partial charge >= 0.3 is 0 Å². The monoisotopic (exact) mass is 263 g/mol. The van der Waals surface area contributed by atoms with Gasteiger partial charge in [0.15, 0.2) is 5.54 Å². The second-order valence-electron chi connectivity index (χ2n) is 6.47. The quantitative estimate of drug-likeness (QED) is 0.665. The summed E-state index contributed by atoms with van der Waals surface area (Å²) < 4.78 is 0. The molecule has 0 aromatic heterocycles. The van der Waals surface area contributed by atoms with E-state index in [9.17, 15) is 4.79 Å². The zero-order chi connectivity index (χ0) is 14.4. The molecule has 0 heterocycles. The van der Waals surface area contributed by atoms with Gasteiger partial charge in [-0.1, -0.05) is 0 Å². The van der Waals surface area contributed by atoms with E-state index < -0.39 is 5.54 Å².